The van der Waals surface area contributed by atoms with Gasteiger partial charge in [0.2, 0.25) is 11.8 Å². The fourth-order valence-corrected chi connectivity index (χ4v) is 2.44. The number of imide groups is 1. The summed E-state index contributed by atoms with van der Waals surface area (Å²) in [7, 11) is 0. The Labute approximate surface area is 96.7 Å². The average Bonchev–Trinajstić information content (AvgIpc) is 2.59. The minimum absolute atomic E-state index is 0.0856. The quantitative estimate of drug-likeness (QED) is 0.714. The fraction of sp³-hybridized carbons (Fsp3) is 0.667. The summed E-state index contributed by atoms with van der Waals surface area (Å²) in [5.41, 5.74) is 0. The van der Waals surface area contributed by atoms with Gasteiger partial charge in [0.15, 0.2) is 0 Å². The van der Waals surface area contributed by atoms with Crippen LogP contribution >= 0.6 is 11.8 Å². The first kappa shape index (κ1) is 11.4. The molecule has 0 aromatic carbocycles. The van der Waals surface area contributed by atoms with Crippen molar-refractivity contribution >= 4 is 28.8 Å². The van der Waals surface area contributed by atoms with Crippen LogP contribution in [0.2, 0.25) is 0 Å². The Morgan fingerprint density at radius 3 is 2.69 bits per heavy atom. The standard InChI is InChI=1S/C9H12N2O4S/c12-7(11-1-3-15-4-2-11)5-6-8(13)10-9(14)16-6/h6H,1-5H2,(H,10,13,14)/t6-/m1/s1. The molecule has 2 fully saturated rings. The summed E-state index contributed by atoms with van der Waals surface area (Å²) in [6.07, 6.45) is 0.0856. The minimum atomic E-state index is -0.567. The Hall–Kier alpha value is -1.08. The van der Waals surface area contributed by atoms with Gasteiger partial charge in [0.25, 0.3) is 5.24 Å². The highest BCUT2D eigenvalue weighted by molar-refractivity contribution is 8.15. The van der Waals surface area contributed by atoms with Crippen molar-refractivity contribution in [2.24, 2.45) is 0 Å². The van der Waals surface area contributed by atoms with E-state index in [4.69, 9.17) is 4.74 Å². The normalized spacial score (nSPS) is 25.8. The van der Waals surface area contributed by atoms with E-state index < -0.39 is 5.25 Å². The molecule has 0 radical (unpaired) electrons. The van der Waals surface area contributed by atoms with Crippen LogP contribution in [0.1, 0.15) is 6.42 Å². The van der Waals surface area contributed by atoms with Crippen LogP contribution in [0.3, 0.4) is 0 Å². The smallest absolute Gasteiger partial charge is 0.286 e. The number of thioether (sulfide) groups is 1. The Balaban J connectivity index is 1.86. The van der Waals surface area contributed by atoms with Crippen LogP contribution in [0.5, 0.6) is 0 Å². The van der Waals surface area contributed by atoms with Gasteiger partial charge in [-0.05, 0) is 0 Å². The molecule has 0 bridgehead atoms. The summed E-state index contributed by atoms with van der Waals surface area (Å²) in [5.74, 6) is -0.456. The highest BCUT2D eigenvalue weighted by Crippen LogP contribution is 2.22. The molecule has 1 N–H and O–H groups in total. The van der Waals surface area contributed by atoms with E-state index in [-0.39, 0.29) is 23.5 Å². The molecule has 2 aliphatic heterocycles. The fourth-order valence-electron chi connectivity index (χ4n) is 1.63. The molecular weight excluding hydrogens is 232 g/mol. The predicted octanol–water partition coefficient (Wildman–Crippen LogP) is -0.413. The topological polar surface area (TPSA) is 75.7 Å². The largest absolute Gasteiger partial charge is 0.378 e. The first-order valence-corrected chi connectivity index (χ1v) is 5.92. The molecule has 0 spiro atoms. The van der Waals surface area contributed by atoms with Crippen LogP contribution in [-0.4, -0.2) is 53.5 Å². The van der Waals surface area contributed by atoms with Gasteiger partial charge in [-0.2, -0.15) is 0 Å². The van der Waals surface area contributed by atoms with Crippen LogP contribution in [0.15, 0.2) is 0 Å². The Morgan fingerprint density at radius 2 is 2.12 bits per heavy atom. The van der Waals surface area contributed by atoms with Crippen molar-refractivity contribution in [2.75, 3.05) is 26.3 Å². The third-order valence-corrected chi connectivity index (χ3v) is 3.47. The summed E-state index contributed by atoms with van der Waals surface area (Å²) in [4.78, 5) is 35.6. The van der Waals surface area contributed by atoms with E-state index >= 15 is 0 Å². The molecule has 6 nitrogen and oxygen atoms in total. The molecule has 2 rings (SSSR count). The predicted molar refractivity (Wildman–Crippen MR) is 56.9 cm³/mol. The van der Waals surface area contributed by atoms with E-state index in [9.17, 15) is 14.4 Å². The van der Waals surface area contributed by atoms with Crippen LogP contribution in [0.4, 0.5) is 4.79 Å². The third-order valence-electron chi connectivity index (χ3n) is 2.49. The molecule has 0 aliphatic carbocycles. The highest BCUT2D eigenvalue weighted by atomic mass is 32.2. The number of nitrogens with zero attached hydrogens (tertiary/aromatic N) is 1. The van der Waals surface area contributed by atoms with Gasteiger partial charge in [0, 0.05) is 19.5 Å². The summed E-state index contributed by atoms with van der Waals surface area (Å²) < 4.78 is 5.13. The van der Waals surface area contributed by atoms with E-state index in [1.807, 2.05) is 0 Å². The second-order valence-electron chi connectivity index (χ2n) is 3.58. The van der Waals surface area contributed by atoms with Crippen molar-refractivity contribution in [3.05, 3.63) is 0 Å². The maximum Gasteiger partial charge on any atom is 0.286 e. The lowest BCUT2D eigenvalue weighted by atomic mass is 10.2. The van der Waals surface area contributed by atoms with E-state index in [1.54, 1.807) is 4.90 Å². The van der Waals surface area contributed by atoms with E-state index in [0.29, 0.717) is 26.3 Å². The molecular formula is C9H12N2O4S. The molecule has 88 valence electrons. The molecule has 2 aliphatic rings. The number of nitrogens with one attached hydrogen (secondary N) is 1. The third kappa shape index (κ3) is 2.53. The molecule has 2 heterocycles. The lowest BCUT2D eigenvalue weighted by Crippen LogP contribution is -2.42. The van der Waals surface area contributed by atoms with Crippen LogP contribution in [0.25, 0.3) is 0 Å². The monoisotopic (exact) mass is 244 g/mol. The van der Waals surface area contributed by atoms with E-state index in [1.165, 1.54) is 0 Å². The zero-order valence-corrected chi connectivity index (χ0v) is 9.42. The van der Waals surface area contributed by atoms with Crippen LogP contribution in [0, 0.1) is 0 Å². The van der Waals surface area contributed by atoms with Gasteiger partial charge in [0.05, 0.1) is 13.2 Å². The summed E-state index contributed by atoms with van der Waals surface area (Å²) >= 11 is 0.888. The van der Waals surface area contributed by atoms with Crippen molar-refractivity contribution in [2.45, 2.75) is 11.7 Å². The van der Waals surface area contributed by atoms with Gasteiger partial charge in [-0.1, -0.05) is 11.8 Å². The van der Waals surface area contributed by atoms with Crippen molar-refractivity contribution < 1.29 is 19.1 Å². The molecule has 0 unspecified atom stereocenters. The van der Waals surface area contributed by atoms with E-state index in [0.717, 1.165) is 11.8 Å². The molecule has 7 heteroatoms. The van der Waals surface area contributed by atoms with Gasteiger partial charge >= 0.3 is 0 Å². The molecule has 0 aromatic rings. The molecule has 0 saturated carbocycles. The van der Waals surface area contributed by atoms with Gasteiger partial charge in [-0.25, -0.2) is 0 Å². The average molecular weight is 244 g/mol. The van der Waals surface area contributed by atoms with Crippen LogP contribution in [-0.2, 0) is 14.3 Å². The van der Waals surface area contributed by atoms with Crippen molar-refractivity contribution in [1.82, 2.24) is 10.2 Å². The van der Waals surface area contributed by atoms with Gasteiger partial charge in [0.1, 0.15) is 5.25 Å². The number of ether oxygens (including phenoxy) is 1. The van der Waals surface area contributed by atoms with Crippen molar-refractivity contribution in [3.63, 3.8) is 0 Å². The molecule has 16 heavy (non-hydrogen) atoms. The second-order valence-corrected chi connectivity index (χ2v) is 4.76. The lowest BCUT2D eigenvalue weighted by Gasteiger charge is -2.27. The maximum atomic E-state index is 11.8. The number of hydrogen-bond acceptors (Lipinski definition) is 5. The Kier molecular flexibility index (Phi) is 3.45. The second kappa shape index (κ2) is 4.84. The zero-order chi connectivity index (χ0) is 11.5. The van der Waals surface area contributed by atoms with Gasteiger partial charge in [-0.3, -0.25) is 19.7 Å². The maximum absolute atomic E-state index is 11.8. The van der Waals surface area contributed by atoms with Crippen LogP contribution < -0.4 is 5.32 Å². The number of morpholine rings is 1. The Morgan fingerprint density at radius 1 is 1.44 bits per heavy atom. The number of carbonyl (C=O) groups is 3. The zero-order valence-electron chi connectivity index (χ0n) is 8.60. The van der Waals surface area contributed by atoms with Gasteiger partial charge < -0.3 is 9.64 Å². The van der Waals surface area contributed by atoms with E-state index in [2.05, 4.69) is 5.32 Å². The van der Waals surface area contributed by atoms with Crippen molar-refractivity contribution in [3.8, 4) is 0 Å². The number of carbonyl (C=O) groups excluding carboxylic acids is 3. The SMILES string of the molecule is O=C1NC(=O)[C@@H](CC(=O)N2CCOCC2)S1. The lowest BCUT2D eigenvalue weighted by molar-refractivity contribution is -0.136. The highest BCUT2D eigenvalue weighted by Gasteiger charge is 2.34. The number of hydrogen-bond donors (Lipinski definition) is 1. The number of amides is 3. The molecule has 3 amide bonds. The minimum Gasteiger partial charge on any atom is -0.378 e. The van der Waals surface area contributed by atoms with Crippen molar-refractivity contribution in [1.29, 1.82) is 0 Å². The summed E-state index contributed by atoms with van der Waals surface area (Å²) in [6, 6.07) is 0. The molecule has 2 saturated heterocycles. The molecule has 1 atom stereocenters. The summed E-state index contributed by atoms with van der Waals surface area (Å²) in [6.45, 7) is 2.20. The molecule has 0 aromatic heterocycles. The first-order chi connectivity index (χ1) is 7.66. The summed E-state index contributed by atoms with van der Waals surface area (Å²) in [5, 5.41) is 1.23. The van der Waals surface area contributed by atoms with Gasteiger partial charge in [-0.15, -0.1) is 0 Å². The number of rotatable bonds is 2. The Bertz CT molecular complexity index is 327. The first-order valence-electron chi connectivity index (χ1n) is 5.04.